The zero-order valence-corrected chi connectivity index (χ0v) is 20.3. The molecule has 3 N–H and O–H groups in total. The summed E-state index contributed by atoms with van der Waals surface area (Å²) in [6.45, 7) is 4.22. The SMILES string of the molecule is CC(C)CCC(NC(=O)OCC1c2ccccc2-c2ccccc21)C(=O)NC(CC1CC1)C(=O)O. The lowest BCUT2D eigenvalue weighted by Crippen LogP contribution is -2.52. The van der Waals surface area contributed by atoms with Gasteiger partial charge >= 0.3 is 12.1 Å². The normalized spacial score (nSPS) is 16.2. The highest BCUT2D eigenvalue weighted by Crippen LogP contribution is 2.44. The van der Waals surface area contributed by atoms with Gasteiger partial charge in [0.2, 0.25) is 5.91 Å². The smallest absolute Gasteiger partial charge is 0.407 e. The van der Waals surface area contributed by atoms with Crippen LogP contribution in [0.1, 0.15) is 63.0 Å². The van der Waals surface area contributed by atoms with Gasteiger partial charge in [-0.2, -0.15) is 0 Å². The third-order valence-electron chi connectivity index (χ3n) is 6.87. The van der Waals surface area contributed by atoms with Crippen LogP contribution < -0.4 is 10.6 Å². The molecule has 0 aliphatic heterocycles. The predicted molar refractivity (Wildman–Crippen MR) is 133 cm³/mol. The van der Waals surface area contributed by atoms with E-state index in [1.54, 1.807) is 0 Å². The van der Waals surface area contributed by atoms with Gasteiger partial charge in [0.15, 0.2) is 0 Å². The highest BCUT2D eigenvalue weighted by Gasteiger charge is 2.33. The summed E-state index contributed by atoms with van der Waals surface area (Å²) in [7, 11) is 0. The third kappa shape index (κ3) is 6.21. The first kappa shape index (κ1) is 24.8. The molecule has 0 spiro atoms. The minimum absolute atomic E-state index is 0.0778. The number of nitrogens with one attached hydrogen (secondary N) is 2. The summed E-state index contributed by atoms with van der Waals surface area (Å²) in [5.74, 6) is -0.927. The number of amides is 2. The lowest BCUT2D eigenvalue weighted by Gasteiger charge is -2.22. The Morgan fingerprint density at radius 1 is 0.914 bits per heavy atom. The van der Waals surface area contributed by atoms with Crippen LogP contribution >= 0.6 is 0 Å². The number of benzene rings is 2. The highest BCUT2D eigenvalue weighted by molar-refractivity contribution is 5.89. The van der Waals surface area contributed by atoms with Gasteiger partial charge in [0.1, 0.15) is 18.7 Å². The molecule has 2 amide bonds. The molecule has 4 rings (SSSR count). The topological polar surface area (TPSA) is 105 Å². The van der Waals surface area contributed by atoms with E-state index in [2.05, 4.69) is 22.8 Å². The van der Waals surface area contributed by atoms with Crippen molar-refractivity contribution < 1.29 is 24.2 Å². The first-order valence-electron chi connectivity index (χ1n) is 12.5. The summed E-state index contributed by atoms with van der Waals surface area (Å²) in [5, 5.41) is 14.8. The van der Waals surface area contributed by atoms with Crippen molar-refractivity contribution in [2.75, 3.05) is 6.61 Å². The molecule has 0 bridgehead atoms. The molecule has 2 aliphatic rings. The van der Waals surface area contributed by atoms with Crippen LogP contribution in [0.15, 0.2) is 48.5 Å². The van der Waals surface area contributed by atoms with Crippen LogP contribution in [0, 0.1) is 11.8 Å². The van der Waals surface area contributed by atoms with Crippen LogP contribution in [0.5, 0.6) is 0 Å². The number of ether oxygens (including phenoxy) is 1. The number of fused-ring (bicyclic) bond motifs is 3. The van der Waals surface area contributed by atoms with E-state index >= 15 is 0 Å². The van der Waals surface area contributed by atoms with Crippen molar-refractivity contribution in [2.45, 2.75) is 64.0 Å². The maximum atomic E-state index is 13.0. The Labute approximate surface area is 206 Å². The Morgan fingerprint density at radius 3 is 2.06 bits per heavy atom. The predicted octanol–water partition coefficient (Wildman–Crippen LogP) is 4.70. The first-order chi connectivity index (χ1) is 16.8. The van der Waals surface area contributed by atoms with Gasteiger partial charge in [-0.05, 0) is 53.4 Å². The summed E-state index contributed by atoms with van der Waals surface area (Å²) < 4.78 is 5.61. The molecule has 0 saturated heterocycles. The number of hydrogen-bond donors (Lipinski definition) is 3. The number of carbonyl (C=O) groups is 3. The second-order valence-corrected chi connectivity index (χ2v) is 10.1. The Morgan fingerprint density at radius 2 is 1.51 bits per heavy atom. The van der Waals surface area contributed by atoms with Gasteiger partial charge in [0.05, 0.1) is 0 Å². The highest BCUT2D eigenvalue weighted by atomic mass is 16.5. The van der Waals surface area contributed by atoms with Gasteiger partial charge in [0, 0.05) is 5.92 Å². The van der Waals surface area contributed by atoms with Crippen LogP contribution in [0.25, 0.3) is 11.1 Å². The zero-order chi connectivity index (χ0) is 24.9. The number of alkyl carbamates (subject to hydrolysis) is 1. The summed E-state index contributed by atoms with van der Waals surface area (Å²) in [6, 6.07) is 14.4. The maximum absolute atomic E-state index is 13.0. The molecule has 7 heteroatoms. The minimum Gasteiger partial charge on any atom is -0.480 e. The number of rotatable bonds is 11. The van der Waals surface area contributed by atoms with Crippen molar-refractivity contribution in [2.24, 2.45) is 11.8 Å². The van der Waals surface area contributed by atoms with Crippen molar-refractivity contribution in [3.63, 3.8) is 0 Å². The van der Waals surface area contributed by atoms with Gasteiger partial charge in [-0.25, -0.2) is 9.59 Å². The number of carboxylic acids is 1. The molecule has 0 aromatic heterocycles. The van der Waals surface area contributed by atoms with Gasteiger partial charge in [-0.3, -0.25) is 4.79 Å². The maximum Gasteiger partial charge on any atom is 0.407 e. The molecule has 1 saturated carbocycles. The molecule has 2 unspecified atom stereocenters. The van der Waals surface area contributed by atoms with Crippen molar-refractivity contribution in [3.8, 4) is 11.1 Å². The van der Waals surface area contributed by atoms with E-state index in [1.807, 2.05) is 50.2 Å². The van der Waals surface area contributed by atoms with Gasteiger partial charge in [0.25, 0.3) is 0 Å². The Kier molecular flexibility index (Phi) is 7.73. The van der Waals surface area contributed by atoms with Crippen molar-refractivity contribution in [1.82, 2.24) is 10.6 Å². The fourth-order valence-electron chi connectivity index (χ4n) is 4.73. The Hall–Kier alpha value is -3.35. The van der Waals surface area contributed by atoms with E-state index in [0.717, 1.165) is 35.1 Å². The fraction of sp³-hybridized carbons (Fsp3) is 0.464. The lowest BCUT2D eigenvalue weighted by molar-refractivity contribution is -0.142. The van der Waals surface area contributed by atoms with Crippen LogP contribution in [-0.2, 0) is 14.3 Å². The van der Waals surface area contributed by atoms with E-state index in [1.165, 1.54) is 0 Å². The van der Waals surface area contributed by atoms with Crippen molar-refractivity contribution in [1.29, 1.82) is 0 Å². The number of aliphatic carboxylic acids is 1. The minimum atomic E-state index is -1.05. The lowest BCUT2D eigenvalue weighted by atomic mass is 9.98. The average molecular weight is 479 g/mol. The number of carbonyl (C=O) groups excluding carboxylic acids is 2. The second-order valence-electron chi connectivity index (χ2n) is 10.1. The van der Waals surface area contributed by atoms with Crippen molar-refractivity contribution >= 4 is 18.0 Å². The Bertz CT molecular complexity index is 1030. The monoisotopic (exact) mass is 478 g/mol. The standard InChI is InChI=1S/C28H34N2O5/c1-17(2)11-14-24(26(31)29-25(27(32)33)15-18-12-13-18)30-28(34)35-16-23-21-9-5-3-7-19(21)20-8-4-6-10-22(20)23/h3-10,17-18,23-25H,11-16H2,1-2H3,(H,29,31)(H,30,34)(H,32,33). The van der Waals surface area contributed by atoms with E-state index in [4.69, 9.17) is 4.74 Å². The summed E-state index contributed by atoms with van der Waals surface area (Å²) in [6.07, 6.45) is 2.85. The number of hydrogen-bond acceptors (Lipinski definition) is 4. The van der Waals surface area contributed by atoms with Gasteiger partial charge < -0.3 is 20.5 Å². The zero-order valence-electron chi connectivity index (χ0n) is 20.3. The molecule has 2 aromatic rings. The van der Waals surface area contributed by atoms with Gasteiger partial charge in [-0.15, -0.1) is 0 Å². The molecule has 0 radical (unpaired) electrons. The molecule has 2 aromatic carbocycles. The van der Waals surface area contributed by atoms with Gasteiger partial charge in [-0.1, -0.05) is 75.2 Å². The van der Waals surface area contributed by atoms with E-state index in [9.17, 15) is 19.5 Å². The Balaban J connectivity index is 1.39. The molecule has 35 heavy (non-hydrogen) atoms. The molecule has 2 aliphatic carbocycles. The molecule has 2 atom stereocenters. The number of carboxylic acid groups (broad SMARTS) is 1. The van der Waals surface area contributed by atoms with Crippen molar-refractivity contribution in [3.05, 3.63) is 59.7 Å². The largest absolute Gasteiger partial charge is 0.480 e. The van der Waals surface area contributed by atoms with E-state index < -0.39 is 30.1 Å². The van der Waals surface area contributed by atoms with Crippen LogP contribution in [-0.4, -0.2) is 41.8 Å². The second kappa shape index (κ2) is 10.9. The fourth-order valence-corrected chi connectivity index (χ4v) is 4.73. The molecule has 186 valence electrons. The van der Waals surface area contributed by atoms with Crippen LogP contribution in [0.2, 0.25) is 0 Å². The van der Waals surface area contributed by atoms with Crippen LogP contribution in [0.4, 0.5) is 4.79 Å². The summed E-state index contributed by atoms with van der Waals surface area (Å²) in [4.78, 5) is 37.3. The first-order valence-corrected chi connectivity index (χ1v) is 12.5. The van der Waals surface area contributed by atoms with E-state index in [0.29, 0.717) is 31.1 Å². The summed E-state index contributed by atoms with van der Waals surface area (Å²) in [5.41, 5.74) is 4.50. The average Bonchev–Trinajstić information content (AvgIpc) is 3.60. The molecule has 1 fully saturated rings. The molecule has 7 nitrogen and oxygen atoms in total. The van der Waals surface area contributed by atoms with Crippen LogP contribution in [0.3, 0.4) is 0 Å². The quantitative estimate of drug-likeness (QED) is 0.434. The molecular formula is C28H34N2O5. The molecular weight excluding hydrogens is 444 g/mol. The van der Waals surface area contributed by atoms with E-state index in [-0.39, 0.29) is 12.5 Å². The third-order valence-corrected chi connectivity index (χ3v) is 6.87. The summed E-state index contributed by atoms with van der Waals surface area (Å²) >= 11 is 0. The molecule has 0 heterocycles.